The molecule has 0 aliphatic carbocycles. The van der Waals surface area contributed by atoms with Crippen molar-refractivity contribution in [1.29, 1.82) is 0 Å². The lowest BCUT2D eigenvalue weighted by Crippen LogP contribution is -2.47. The van der Waals surface area contributed by atoms with Crippen LogP contribution in [0.2, 0.25) is 0 Å². The van der Waals surface area contributed by atoms with Crippen LogP contribution in [0.15, 0.2) is 0 Å². The van der Waals surface area contributed by atoms with E-state index < -0.39 is 0 Å². The van der Waals surface area contributed by atoms with Crippen molar-refractivity contribution in [2.45, 2.75) is 51.8 Å². The first-order valence-corrected chi connectivity index (χ1v) is 5.71. The van der Waals surface area contributed by atoms with Gasteiger partial charge in [-0.05, 0) is 40.2 Å². The van der Waals surface area contributed by atoms with E-state index in [0.29, 0.717) is 18.2 Å². The van der Waals surface area contributed by atoms with E-state index >= 15 is 0 Å². The van der Waals surface area contributed by atoms with Crippen LogP contribution >= 0.6 is 0 Å². The molecule has 14 heavy (non-hydrogen) atoms. The van der Waals surface area contributed by atoms with Crippen LogP contribution in [0.5, 0.6) is 0 Å². The molecule has 0 bridgehead atoms. The van der Waals surface area contributed by atoms with Crippen molar-refractivity contribution in [3.63, 3.8) is 0 Å². The molecule has 1 aliphatic rings. The topological polar surface area (TPSA) is 38.5 Å². The fourth-order valence-electron chi connectivity index (χ4n) is 1.90. The average Bonchev–Trinajstić information content (AvgIpc) is 2.10. The minimum atomic E-state index is 0.337. The van der Waals surface area contributed by atoms with E-state index in [4.69, 9.17) is 10.5 Å². The molecule has 0 spiro atoms. The number of morpholine rings is 1. The van der Waals surface area contributed by atoms with Crippen molar-refractivity contribution in [2.24, 2.45) is 5.73 Å². The van der Waals surface area contributed by atoms with E-state index in [1.807, 2.05) is 0 Å². The zero-order valence-electron chi connectivity index (χ0n) is 9.70. The Morgan fingerprint density at radius 1 is 1.50 bits per heavy atom. The molecule has 0 amide bonds. The van der Waals surface area contributed by atoms with Crippen LogP contribution in [0.3, 0.4) is 0 Å². The quantitative estimate of drug-likeness (QED) is 0.741. The Morgan fingerprint density at radius 2 is 2.21 bits per heavy atom. The van der Waals surface area contributed by atoms with Crippen molar-refractivity contribution < 1.29 is 4.74 Å². The van der Waals surface area contributed by atoms with Gasteiger partial charge in [0.05, 0.1) is 12.7 Å². The molecule has 3 nitrogen and oxygen atoms in total. The minimum Gasteiger partial charge on any atom is -0.376 e. The minimum absolute atomic E-state index is 0.337. The number of hydrogen-bond donors (Lipinski definition) is 1. The third kappa shape index (κ3) is 3.95. The van der Waals surface area contributed by atoms with E-state index in [0.717, 1.165) is 26.1 Å². The SMILES string of the molecule is CC(N)CCCN1CC(C)OCC1C. The zero-order valence-corrected chi connectivity index (χ0v) is 9.70. The van der Waals surface area contributed by atoms with Crippen LogP contribution in [-0.4, -0.2) is 42.8 Å². The molecule has 1 saturated heterocycles. The van der Waals surface area contributed by atoms with Gasteiger partial charge in [-0.15, -0.1) is 0 Å². The first-order valence-electron chi connectivity index (χ1n) is 5.71. The van der Waals surface area contributed by atoms with E-state index in [-0.39, 0.29) is 0 Å². The Hall–Kier alpha value is -0.120. The maximum atomic E-state index is 5.73. The maximum Gasteiger partial charge on any atom is 0.0674 e. The van der Waals surface area contributed by atoms with E-state index in [9.17, 15) is 0 Å². The molecule has 0 aromatic carbocycles. The highest BCUT2D eigenvalue weighted by Gasteiger charge is 2.22. The summed E-state index contributed by atoms with van der Waals surface area (Å²) in [6.45, 7) is 9.56. The summed E-state index contributed by atoms with van der Waals surface area (Å²) >= 11 is 0. The smallest absolute Gasteiger partial charge is 0.0674 e. The molecule has 0 saturated carbocycles. The van der Waals surface area contributed by atoms with Crippen molar-refractivity contribution in [1.82, 2.24) is 4.90 Å². The summed E-state index contributed by atoms with van der Waals surface area (Å²) in [6, 6.07) is 0.906. The summed E-state index contributed by atoms with van der Waals surface area (Å²) in [5.41, 5.74) is 5.73. The van der Waals surface area contributed by atoms with Crippen molar-refractivity contribution in [3.05, 3.63) is 0 Å². The Morgan fingerprint density at radius 3 is 2.86 bits per heavy atom. The summed E-state index contributed by atoms with van der Waals surface area (Å²) < 4.78 is 5.58. The Kier molecular flexibility index (Phi) is 4.85. The lowest BCUT2D eigenvalue weighted by atomic mass is 10.1. The fourth-order valence-corrected chi connectivity index (χ4v) is 1.90. The fraction of sp³-hybridized carbons (Fsp3) is 1.00. The zero-order chi connectivity index (χ0) is 10.6. The first kappa shape index (κ1) is 12.0. The molecule has 1 rings (SSSR count). The first-order chi connectivity index (χ1) is 6.59. The highest BCUT2D eigenvalue weighted by molar-refractivity contribution is 4.75. The van der Waals surface area contributed by atoms with Crippen molar-refractivity contribution in [2.75, 3.05) is 19.7 Å². The van der Waals surface area contributed by atoms with Gasteiger partial charge in [-0.25, -0.2) is 0 Å². The Labute approximate surface area is 87.6 Å². The van der Waals surface area contributed by atoms with Gasteiger partial charge in [0.25, 0.3) is 0 Å². The van der Waals surface area contributed by atoms with Crippen LogP contribution in [0, 0.1) is 0 Å². The standard InChI is InChI=1S/C11H24N2O/c1-9(12)5-4-6-13-7-11(3)14-8-10(13)2/h9-11H,4-8,12H2,1-3H3. The lowest BCUT2D eigenvalue weighted by molar-refractivity contribution is -0.0496. The molecule has 1 heterocycles. The normalized spacial score (nSPS) is 31.7. The number of hydrogen-bond acceptors (Lipinski definition) is 3. The van der Waals surface area contributed by atoms with Crippen molar-refractivity contribution >= 4 is 0 Å². The van der Waals surface area contributed by atoms with Gasteiger partial charge < -0.3 is 10.5 Å². The summed E-state index contributed by atoms with van der Waals surface area (Å²) in [4.78, 5) is 2.51. The average molecular weight is 200 g/mol. The van der Waals surface area contributed by atoms with Crippen LogP contribution in [0.25, 0.3) is 0 Å². The van der Waals surface area contributed by atoms with E-state index in [1.54, 1.807) is 0 Å². The number of nitrogens with two attached hydrogens (primary N) is 1. The van der Waals surface area contributed by atoms with Gasteiger partial charge in [-0.1, -0.05) is 0 Å². The second kappa shape index (κ2) is 5.69. The lowest BCUT2D eigenvalue weighted by Gasteiger charge is -2.36. The largest absolute Gasteiger partial charge is 0.376 e. The molecule has 0 aromatic heterocycles. The van der Waals surface area contributed by atoms with Gasteiger partial charge in [0.15, 0.2) is 0 Å². The van der Waals surface area contributed by atoms with E-state index in [2.05, 4.69) is 25.7 Å². The molecule has 3 atom stereocenters. The molecule has 1 fully saturated rings. The molecule has 0 radical (unpaired) electrons. The summed E-state index contributed by atoms with van der Waals surface area (Å²) in [5.74, 6) is 0. The Balaban J connectivity index is 2.20. The van der Waals surface area contributed by atoms with E-state index in [1.165, 1.54) is 6.42 Å². The monoisotopic (exact) mass is 200 g/mol. The van der Waals surface area contributed by atoms with Gasteiger partial charge in [-0.2, -0.15) is 0 Å². The molecule has 2 N–H and O–H groups in total. The van der Waals surface area contributed by atoms with Gasteiger partial charge >= 0.3 is 0 Å². The van der Waals surface area contributed by atoms with Gasteiger partial charge in [0.2, 0.25) is 0 Å². The predicted octanol–water partition coefficient (Wildman–Crippen LogP) is 1.22. The molecule has 0 aromatic rings. The highest BCUT2D eigenvalue weighted by Crippen LogP contribution is 2.12. The van der Waals surface area contributed by atoms with Gasteiger partial charge in [0.1, 0.15) is 0 Å². The van der Waals surface area contributed by atoms with Crippen LogP contribution in [0.4, 0.5) is 0 Å². The third-order valence-electron chi connectivity index (χ3n) is 2.84. The van der Waals surface area contributed by atoms with Crippen LogP contribution in [0.1, 0.15) is 33.6 Å². The molecule has 3 unspecified atom stereocenters. The second-order valence-corrected chi connectivity index (χ2v) is 4.61. The number of nitrogens with zero attached hydrogens (tertiary/aromatic N) is 1. The molecule has 84 valence electrons. The highest BCUT2D eigenvalue weighted by atomic mass is 16.5. The molecule has 3 heteroatoms. The van der Waals surface area contributed by atoms with Crippen LogP contribution < -0.4 is 5.73 Å². The molecule has 1 aliphatic heterocycles. The molecular weight excluding hydrogens is 176 g/mol. The number of ether oxygens (including phenoxy) is 1. The van der Waals surface area contributed by atoms with Crippen LogP contribution in [-0.2, 0) is 4.74 Å². The maximum absolute atomic E-state index is 5.73. The number of rotatable bonds is 4. The molecular formula is C11H24N2O. The summed E-state index contributed by atoms with van der Waals surface area (Å²) in [5, 5.41) is 0. The predicted molar refractivity (Wildman–Crippen MR) is 59.3 cm³/mol. The summed E-state index contributed by atoms with van der Waals surface area (Å²) in [7, 11) is 0. The van der Waals surface area contributed by atoms with Crippen molar-refractivity contribution in [3.8, 4) is 0 Å². The van der Waals surface area contributed by atoms with Gasteiger partial charge in [-0.3, -0.25) is 4.90 Å². The third-order valence-corrected chi connectivity index (χ3v) is 2.84. The Bertz CT molecular complexity index is 161. The second-order valence-electron chi connectivity index (χ2n) is 4.61. The van der Waals surface area contributed by atoms with Gasteiger partial charge in [0, 0.05) is 18.6 Å². The summed E-state index contributed by atoms with van der Waals surface area (Å²) in [6.07, 6.45) is 2.72.